The SMILES string of the molecule is COc1ccc(-c2noc(CCCC(=O)Nc3cc(C)nn3-c3cccc(Cl)c3)n2)cc1. The fourth-order valence-corrected chi connectivity index (χ4v) is 3.40. The standard InChI is InChI=1S/C23H22ClN5O3/c1-15-13-20(29(27-15)18-6-3-5-17(24)14-18)25-21(30)7-4-8-22-26-23(28-32-22)16-9-11-19(31-2)12-10-16/h3,5-6,9-14H,4,7-8H2,1-2H3,(H,25,30). The van der Waals surface area contributed by atoms with E-state index in [9.17, 15) is 4.79 Å². The van der Waals surface area contributed by atoms with Crippen molar-refractivity contribution in [2.75, 3.05) is 12.4 Å². The average molecular weight is 452 g/mol. The number of hydrogen-bond acceptors (Lipinski definition) is 6. The minimum atomic E-state index is -0.122. The lowest BCUT2D eigenvalue weighted by Gasteiger charge is -2.09. The number of benzene rings is 2. The summed E-state index contributed by atoms with van der Waals surface area (Å²) < 4.78 is 12.1. The number of amides is 1. The third-order valence-corrected chi connectivity index (χ3v) is 5.00. The molecule has 32 heavy (non-hydrogen) atoms. The number of nitrogens with one attached hydrogen (secondary N) is 1. The van der Waals surface area contributed by atoms with Gasteiger partial charge < -0.3 is 14.6 Å². The number of rotatable bonds is 8. The maximum Gasteiger partial charge on any atom is 0.226 e. The molecule has 1 N–H and O–H groups in total. The van der Waals surface area contributed by atoms with Crippen molar-refractivity contribution in [3.63, 3.8) is 0 Å². The van der Waals surface area contributed by atoms with Crippen molar-refractivity contribution in [3.8, 4) is 22.8 Å². The summed E-state index contributed by atoms with van der Waals surface area (Å²) in [6.45, 7) is 1.87. The molecule has 2 heterocycles. The highest BCUT2D eigenvalue weighted by Gasteiger charge is 2.13. The Morgan fingerprint density at radius 3 is 2.75 bits per heavy atom. The van der Waals surface area contributed by atoms with Gasteiger partial charge in [0.25, 0.3) is 0 Å². The van der Waals surface area contributed by atoms with Crippen molar-refractivity contribution < 1.29 is 14.1 Å². The summed E-state index contributed by atoms with van der Waals surface area (Å²) in [5.41, 5.74) is 2.40. The van der Waals surface area contributed by atoms with Gasteiger partial charge in [0.1, 0.15) is 11.6 Å². The quantitative estimate of drug-likeness (QED) is 0.411. The second-order valence-electron chi connectivity index (χ2n) is 7.20. The molecule has 4 rings (SSSR count). The average Bonchev–Trinajstić information content (AvgIpc) is 3.40. The Morgan fingerprint density at radius 1 is 1.19 bits per heavy atom. The van der Waals surface area contributed by atoms with Crippen LogP contribution in [0.4, 0.5) is 5.82 Å². The molecule has 2 aromatic carbocycles. The summed E-state index contributed by atoms with van der Waals surface area (Å²) in [6, 6.07) is 16.5. The lowest BCUT2D eigenvalue weighted by Crippen LogP contribution is -2.15. The summed E-state index contributed by atoms with van der Waals surface area (Å²) in [4.78, 5) is 16.9. The van der Waals surface area contributed by atoms with E-state index in [1.54, 1.807) is 23.9 Å². The van der Waals surface area contributed by atoms with Gasteiger partial charge >= 0.3 is 0 Å². The number of halogens is 1. The molecule has 0 spiro atoms. The molecule has 4 aromatic rings. The minimum Gasteiger partial charge on any atom is -0.497 e. The highest BCUT2D eigenvalue weighted by molar-refractivity contribution is 6.30. The van der Waals surface area contributed by atoms with E-state index in [0.29, 0.717) is 41.8 Å². The van der Waals surface area contributed by atoms with Crippen LogP contribution in [0.1, 0.15) is 24.4 Å². The molecule has 0 saturated heterocycles. The number of anilines is 1. The van der Waals surface area contributed by atoms with Crippen molar-refractivity contribution in [3.05, 3.63) is 71.2 Å². The molecule has 0 bridgehead atoms. The smallest absolute Gasteiger partial charge is 0.226 e. The predicted molar refractivity (Wildman–Crippen MR) is 121 cm³/mol. The molecule has 0 aliphatic carbocycles. The zero-order chi connectivity index (χ0) is 22.5. The van der Waals surface area contributed by atoms with Crippen LogP contribution in [0.25, 0.3) is 17.1 Å². The lowest BCUT2D eigenvalue weighted by molar-refractivity contribution is -0.116. The summed E-state index contributed by atoms with van der Waals surface area (Å²) in [5.74, 6) is 2.23. The molecule has 9 heteroatoms. The Hall–Kier alpha value is -3.65. The fraction of sp³-hybridized carbons (Fsp3) is 0.217. The number of carbonyl (C=O) groups excluding carboxylic acids is 1. The van der Waals surface area contributed by atoms with Crippen LogP contribution in [0.2, 0.25) is 5.02 Å². The molecule has 0 aliphatic heterocycles. The van der Waals surface area contributed by atoms with Crippen molar-refractivity contribution in [1.82, 2.24) is 19.9 Å². The second kappa shape index (κ2) is 9.65. The van der Waals surface area contributed by atoms with Gasteiger partial charge in [-0.05, 0) is 55.8 Å². The van der Waals surface area contributed by atoms with Gasteiger partial charge in [-0.15, -0.1) is 0 Å². The van der Waals surface area contributed by atoms with E-state index in [2.05, 4.69) is 20.6 Å². The van der Waals surface area contributed by atoms with Gasteiger partial charge in [0.05, 0.1) is 18.5 Å². The van der Waals surface area contributed by atoms with Gasteiger partial charge in [-0.25, -0.2) is 4.68 Å². The molecule has 0 radical (unpaired) electrons. The number of aromatic nitrogens is 4. The summed E-state index contributed by atoms with van der Waals surface area (Å²) in [5, 5.41) is 12.0. The normalized spacial score (nSPS) is 10.8. The molecule has 1 amide bonds. The van der Waals surface area contributed by atoms with E-state index in [1.807, 2.05) is 49.4 Å². The zero-order valence-corrected chi connectivity index (χ0v) is 18.5. The molecule has 0 unspecified atom stereocenters. The zero-order valence-electron chi connectivity index (χ0n) is 17.7. The van der Waals surface area contributed by atoms with E-state index >= 15 is 0 Å². The van der Waals surface area contributed by atoms with Gasteiger partial charge in [0.15, 0.2) is 0 Å². The maximum atomic E-state index is 12.5. The van der Waals surface area contributed by atoms with Crippen LogP contribution in [-0.2, 0) is 11.2 Å². The number of carbonyl (C=O) groups is 1. The third-order valence-electron chi connectivity index (χ3n) is 4.76. The van der Waals surface area contributed by atoms with Crippen molar-refractivity contribution >= 4 is 23.3 Å². The van der Waals surface area contributed by atoms with Crippen LogP contribution < -0.4 is 10.1 Å². The van der Waals surface area contributed by atoms with E-state index in [4.69, 9.17) is 20.9 Å². The van der Waals surface area contributed by atoms with Crippen LogP contribution in [0.15, 0.2) is 59.1 Å². The number of aryl methyl sites for hydroxylation is 2. The van der Waals surface area contributed by atoms with Gasteiger partial charge in [-0.3, -0.25) is 4.79 Å². The highest BCUT2D eigenvalue weighted by atomic mass is 35.5. The molecule has 0 aliphatic rings. The number of hydrogen-bond donors (Lipinski definition) is 1. The molecule has 0 atom stereocenters. The number of ether oxygens (including phenoxy) is 1. The Kier molecular flexibility index (Phi) is 6.51. The monoisotopic (exact) mass is 451 g/mol. The van der Waals surface area contributed by atoms with Crippen LogP contribution in [0.3, 0.4) is 0 Å². The van der Waals surface area contributed by atoms with E-state index in [0.717, 1.165) is 22.7 Å². The first-order valence-electron chi connectivity index (χ1n) is 10.1. The summed E-state index contributed by atoms with van der Waals surface area (Å²) in [7, 11) is 1.61. The van der Waals surface area contributed by atoms with Crippen LogP contribution in [0, 0.1) is 6.92 Å². The Balaban J connectivity index is 1.33. The van der Waals surface area contributed by atoms with Gasteiger partial charge in [0.2, 0.25) is 17.6 Å². The molecule has 164 valence electrons. The number of nitrogens with zero attached hydrogens (tertiary/aromatic N) is 4. The van der Waals surface area contributed by atoms with Crippen LogP contribution in [-0.4, -0.2) is 32.9 Å². The Labute approximate surface area is 190 Å². The second-order valence-corrected chi connectivity index (χ2v) is 7.64. The fourth-order valence-electron chi connectivity index (χ4n) is 3.21. The van der Waals surface area contributed by atoms with E-state index in [1.165, 1.54) is 0 Å². The Bertz CT molecular complexity index is 1220. The molecular formula is C23H22ClN5O3. The van der Waals surface area contributed by atoms with E-state index < -0.39 is 0 Å². The summed E-state index contributed by atoms with van der Waals surface area (Å²) in [6.07, 6.45) is 1.38. The largest absolute Gasteiger partial charge is 0.497 e. The molecule has 8 nitrogen and oxygen atoms in total. The number of methoxy groups -OCH3 is 1. The topological polar surface area (TPSA) is 95.1 Å². The summed E-state index contributed by atoms with van der Waals surface area (Å²) >= 11 is 6.09. The van der Waals surface area contributed by atoms with Crippen molar-refractivity contribution in [1.29, 1.82) is 0 Å². The lowest BCUT2D eigenvalue weighted by atomic mass is 10.2. The van der Waals surface area contributed by atoms with Crippen LogP contribution >= 0.6 is 11.6 Å². The predicted octanol–water partition coefficient (Wildman–Crippen LogP) is 4.85. The molecule has 2 aromatic heterocycles. The van der Waals surface area contributed by atoms with Crippen molar-refractivity contribution in [2.45, 2.75) is 26.2 Å². The van der Waals surface area contributed by atoms with Crippen LogP contribution in [0.5, 0.6) is 5.75 Å². The van der Waals surface area contributed by atoms with Gasteiger partial charge in [0, 0.05) is 29.5 Å². The minimum absolute atomic E-state index is 0.122. The third kappa shape index (κ3) is 5.15. The Morgan fingerprint density at radius 2 is 2.00 bits per heavy atom. The van der Waals surface area contributed by atoms with Crippen molar-refractivity contribution in [2.24, 2.45) is 0 Å². The molecule has 0 fully saturated rings. The molecule has 0 saturated carbocycles. The first kappa shape index (κ1) is 21.6. The highest BCUT2D eigenvalue weighted by Crippen LogP contribution is 2.22. The first-order chi connectivity index (χ1) is 15.5. The van der Waals surface area contributed by atoms with Gasteiger partial charge in [-0.1, -0.05) is 22.8 Å². The molecular weight excluding hydrogens is 430 g/mol. The van der Waals surface area contributed by atoms with E-state index in [-0.39, 0.29) is 5.91 Å². The van der Waals surface area contributed by atoms with Gasteiger partial charge in [-0.2, -0.15) is 10.1 Å². The first-order valence-corrected chi connectivity index (χ1v) is 10.5. The maximum absolute atomic E-state index is 12.5.